The molecule has 19 heavy (non-hydrogen) atoms. The van der Waals surface area contributed by atoms with Crippen LogP contribution < -0.4 is 5.73 Å². The van der Waals surface area contributed by atoms with E-state index >= 15 is 0 Å². The van der Waals surface area contributed by atoms with Crippen LogP contribution in [0.25, 0.3) is 0 Å². The van der Waals surface area contributed by atoms with Crippen molar-refractivity contribution in [2.24, 2.45) is 11.8 Å². The summed E-state index contributed by atoms with van der Waals surface area (Å²) in [5, 5.41) is 0. The molecular formula is C15H28N4. The topological polar surface area (TPSA) is 55.0 Å². The first kappa shape index (κ1) is 15.9. The van der Waals surface area contributed by atoms with Crippen LogP contribution in [0.2, 0.25) is 0 Å². The molecular weight excluding hydrogens is 236 g/mol. The zero-order valence-corrected chi connectivity index (χ0v) is 12.8. The number of nitrogen functional groups attached to an aromatic ring is 1. The van der Waals surface area contributed by atoms with Gasteiger partial charge in [-0.25, -0.2) is 4.98 Å². The predicted molar refractivity (Wildman–Crippen MR) is 80.6 cm³/mol. The molecule has 0 spiro atoms. The molecule has 0 radical (unpaired) electrons. The predicted octanol–water partition coefficient (Wildman–Crippen LogP) is 2.95. The summed E-state index contributed by atoms with van der Waals surface area (Å²) in [6.07, 6.45) is 5.87. The van der Waals surface area contributed by atoms with Crippen LogP contribution in [-0.2, 0) is 6.54 Å². The molecule has 0 aliphatic rings. The lowest BCUT2D eigenvalue weighted by atomic mass is 10.1. The van der Waals surface area contributed by atoms with Gasteiger partial charge >= 0.3 is 0 Å². The molecule has 4 heteroatoms. The number of nitrogens with two attached hydrogens (primary N) is 1. The Balaban J connectivity index is 2.53. The van der Waals surface area contributed by atoms with E-state index in [1.54, 1.807) is 12.4 Å². The van der Waals surface area contributed by atoms with Gasteiger partial charge in [0.25, 0.3) is 0 Å². The fourth-order valence-corrected chi connectivity index (χ4v) is 1.83. The van der Waals surface area contributed by atoms with Gasteiger partial charge in [0, 0.05) is 6.54 Å². The van der Waals surface area contributed by atoms with Crippen LogP contribution in [0.5, 0.6) is 0 Å². The number of nitrogens with zero attached hydrogens (tertiary/aromatic N) is 3. The molecule has 4 nitrogen and oxygen atoms in total. The first-order chi connectivity index (χ1) is 8.97. The summed E-state index contributed by atoms with van der Waals surface area (Å²) >= 11 is 0. The number of rotatable bonds is 8. The SMILES string of the molecule is CC(C)CCN(CCC(C)C)Cc1cnc(N)cn1. The number of hydrogen-bond donors (Lipinski definition) is 1. The minimum atomic E-state index is 0.486. The summed E-state index contributed by atoms with van der Waals surface area (Å²) in [6, 6.07) is 0. The molecule has 0 unspecified atom stereocenters. The van der Waals surface area contributed by atoms with Crippen molar-refractivity contribution in [3.8, 4) is 0 Å². The van der Waals surface area contributed by atoms with E-state index < -0.39 is 0 Å². The van der Waals surface area contributed by atoms with Crippen LogP contribution >= 0.6 is 0 Å². The zero-order chi connectivity index (χ0) is 14.3. The molecule has 1 rings (SSSR count). The van der Waals surface area contributed by atoms with Crippen molar-refractivity contribution in [3.63, 3.8) is 0 Å². The van der Waals surface area contributed by atoms with Crippen molar-refractivity contribution in [1.82, 2.24) is 14.9 Å². The van der Waals surface area contributed by atoms with Gasteiger partial charge in [-0.05, 0) is 37.8 Å². The van der Waals surface area contributed by atoms with Crippen LogP contribution in [-0.4, -0.2) is 28.0 Å². The van der Waals surface area contributed by atoms with E-state index in [0.29, 0.717) is 5.82 Å². The van der Waals surface area contributed by atoms with Crippen LogP contribution in [0, 0.1) is 11.8 Å². The smallest absolute Gasteiger partial charge is 0.141 e. The Labute approximate surface area is 117 Å². The molecule has 0 saturated heterocycles. The zero-order valence-electron chi connectivity index (χ0n) is 12.8. The third-order valence-electron chi connectivity index (χ3n) is 3.16. The van der Waals surface area contributed by atoms with Crippen LogP contribution in [0.1, 0.15) is 46.2 Å². The molecule has 1 aromatic heterocycles. The van der Waals surface area contributed by atoms with Gasteiger partial charge in [0.05, 0.1) is 18.1 Å². The Morgan fingerprint density at radius 1 is 1.00 bits per heavy atom. The van der Waals surface area contributed by atoms with Gasteiger partial charge < -0.3 is 5.73 Å². The third-order valence-corrected chi connectivity index (χ3v) is 3.16. The normalized spacial score (nSPS) is 11.7. The van der Waals surface area contributed by atoms with Crippen molar-refractivity contribution in [3.05, 3.63) is 18.1 Å². The molecule has 1 heterocycles. The lowest BCUT2D eigenvalue weighted by Crippen LogP contribution is -2.28. The second-order valence-electron chi connectivity index (χ2n) is 6.07. The molecule has 0 bridgehead atoms. The molecule has 0 saturated carbocycles. The van der Waals surface area contributed by atoms with Crippen molar-refractivity contribution < 1.29 is 0 Å². The van der Waals surface area contributed by atoms with Crippen molar-refractivity contribution in [2.75, 3.05) is 18.8 Å². The summed E-state index contributed by atoms with van der Waals surface area (Å²) in [6.45, 7) is 12.2. The Morgan fingerprint density at radius 2 is 1.58 bits per heavy atom. The first-order valence-electron chi connectivity index (χ1n) is 7.26. The highest BCUT2D eigenvalue weighted by Gasteiger charge is 2.09. The summed E-state index contributed by atoms with van der Waals surface area (Å²) in [4.78, 5) is 10.9. The lowest BCUT2D eigenvalue weighted by molar-refractivity contribution is 0.233. The Morgan fingerprint density at radius 3 is 2.00 bits per heavy atom. The van der Waals surface area contributed by atoms with E-state index in [4.69, 9.17) is 5.73 Å². The highest BCUT2D eigenvalue weighted by Crippen LogP contribution is 2.09. The van der Waals surface area contributed by atoms with Gasteiger partial charge in [0.2, 0.25) is 0 Å². The van der Waals surface area contributed by atoms with Crippen LogP contribution in [0.3, 0.4) is 0 Å². The van der Waals surface area contributed by atoms with E-state index in [1.807, 2.05) is 0 Å². The van der Waals surface area contributed by atoms with E-state index in [1.165, 1.54) is 12.8 Å². The Hall–Kier alpha value is -1.16. The minimum Gasteiger partial charge on any atom is -0.382 e. The largest absolute Gasteiger partial charge is 0.382 e. The molecule has 2 N–H and O–H groups in total. The number of aromatic nitrogens is 2. The summed E-state index contributed by atoms with van der Waals surface area (Å²) < 4.78 is 0. The Bertz CT molecular complexity index is 334. The molecule has 108 valence electrons. The summed E-state index contributed by atoms with van der Waals surface area (Å²) in [7, 11) is 0. The quantitative estimate of drug-likeness (QED) is 0.784. The van der Waals surface area contributed by atoms with E-state index in [9.17, 15) is 0 Å². The lowest BCUT2D eigenvalue weighted by Gasteiger charge is -2.23. The van der Waals surface area contributed by atoms with Gasteiger partial charge in [-0.3, -0.25) is 9.88 Å². The van der Waals surface area contributed by atoms with Gasteiger partial charge in [-0.1, -0.05) is 27.7 Å². The third kappa shape index (κ3) is 7.11. The standard InChI is InChI=1S/C15H28N4/c1-12(2)5-7-19(8-6-13(3)4)11-14-9-18-15(16)10-17-14/h9-10,12-13H,5-8,11H2,1-4H3,(H2,16,18). The maximum atomic E-state index is 5.57. The maximum absolute atomic E-state index is 5.57. The Kier molecular flexibility index (Phi) is 6.78. The van der Waals surface area contributed by atoms with Crippen molar-refractivity contribution >= 4 is 5.82 Å². The van der Waals surface area contributed by atoms with Gasteiger partial charge in [0.15, 0.2) is 0 Å². The first-order valence-corrected chi connectivity index (χ1v) is 7.26. The fourth-order valence-electron chi connectivity index (χ4n) is 1.83. The molecule has 0 aliphatic heterocycles. The average Bonchev–Trinajstić information content (AvgIpc) is 2.35. The summed E-state index contributed by atoms with van der Waals surface area (Å²) in [5.41, 5.74) is 6.57. The fraction of sp³-hybridized carbons (Fsp3) is 0.733. The molecule has 0 aliphatic carbocycles. The molecule has 0 aromatic carbocycles. The molecule has 1 aromatic rings. The van der Waals surface area contributed by atoms with E-state index in [-0.39, 0.29) is 0 Å². The maximum Gasteiger partial charge on any atom is 0.141 e. The highest BCUT2D eigenvalue weighted by molar-refractivity contribution is 5.22. The summed E-state index contributed by atoms with van der Waals surface area (Å²) in [5.74, 6) is 1.96. The number of hydrogen-bond acceptors (Lipinski definition) is 4. The minimum absolute atomic E-state index is 0.486. The van der Waals surface area contributed by atoms with Crippen LogP contribution in [0.15, 0.2) is 12.4 Å². The van der Waals surface area contributed by atoms with Crippen LogP contribution in [0.4, 0.5) is 5.82 Å². The van der Waals surface area contributed by atoms with Crippen molar-refractivity contribution in [2.45, 2.75) is 47.1 Å². The monoisotopic (exact) mass is 264 g/mol. The molecule has 0 atom stereocenters. The highest BCUT2D eigenvalue weighted by atomic mass is 15.1. The average molecular weight is 264 g/mol. The van der Waals surface area contributed by atoms with Gasteiger partial charge in [0.1, 0.15) is 5.82 Å². The van der Waals surface area contributed by atoms with Gasteiger partial charge in [-0.2, -0.15) is 0 Å². The van der Waals surface area contributed by atoms with Crippen molar-refractivity contribution in [1.29, 1.82) is 0 Å². The van der Waals surface area contributed by atoms with E-state index in [0.717, 1.165) is 37.2 Å². The van der Waals surface area contributed by atoms with Gasteiger partial charge in [-0.15, -0.1) is 0 Å². The second kappa shape index (κ2) is 8.10. The second-order valence-corrected chi connectivity index (χ2v) is 6.07. The molecule has 0 amide bonds. The van der Waals surface area contributed by atoms with E-state index in [2.05, 4.69) is 42.6 Å². The molecule has 0 fully saturated rings. The number of anilines is 1.